The van der Waals surface area contributed by atoms with E-state index in [9.17, 15) is 0 Å². The standard InChI is InChI=1S/C12H15N5/c1-8-12(11-6-7-17(13)16-11)15-10-5-3-2-4-9(10)14-8/h6-7H,2-5,13H2,1H3. The van der Waals surface area contributed by atoms with Crippen LogP contribution >= 0.6 is 0 Å². The minimum absolute atomic E-state index is 0.797. The van der Waals surface area contributed by atoms with Crippen molar-refractivity contribution in [3.8, 4) is 11.4 Å². The van der Waals surface area contributed by atoms with Crippen LogP contribution < -0.4 is 5.84 Å². The van der Waals surface area contributed by atoms with Gasteiger partial charge in [-0.25, -0.2) is 4.98 Å². The van der Waals surface area contributed by atoms with E-state index in [-0.39, 0.29) is 0 Å². The van der Waals surface area contributed by atoms with E-state index in [2.05, 4.69) is 10.1 Å². The van der Waals surface area contributed by atoms with Gasteiger partial charge in [0, 0.05) is 6.20 Å². The Morgan fingerprint density at radius 2 is 1.88 bits per heavy atom. The van der Waals surface area contributed by atoms with Crippen molar-refractivity contribution in [1.29, 1.82) is 0 Å². The molecule has 0 fully saturated rings. The predicted octanol–water partition coefficient (Wildman–Crippen LogP) is 1.24. The number of aromatic nitrogens is 4. The molecule has 1 aliphatic rings. The Bertz CT molecular complexity index is 558. The van der Waals surface area contributed by atoms with Crippen molar-refractivity contribution in [2.75, 3.05) is 5.84 Å². The van der Waals surface area contributed by atoms with E-state index in [1.54, 1.807) is 6.20 Å². The van der Waals surface area contributed by atoms with Crippen LogP contribution in [0.3, 0.4) is 0 Å². The average molecular weight is 229 g/mol. The SMILES string of the molecule is Cc1nc2c(nc1-c1ccn(N)n1)CCCC2. The van der Waals surface area contributed by atoms with Crippen molar-refractivity contribution in [2.24, 2.45) is 0 Å². The highest BCUT2D eigenvalue weighted by Crippen LogP contribution is 2.23. The van der Waals surface area contributed by atoms with E-state index in [0.29, 0.717) is 0 Å². The van der Waals surface area contributed by atoms with Crippen LogP contribution in [0.1, 0.15) is 29.9 Å². The zero-order chi connectivity index (χ0) is 11.8. The van der Waals surface area contributed by atoms with Crippen LogP contribution in [0.15, 0.2) is 12.3 Å². The van der Waals surface area contributed by atoms with Crippen molar-refractivity contribution in [3.05, 3.63) is 29.3 Å². The third-order valence-electron chi connectivity index (χ3n) is 3.15. The van der Waals surface area contributed by atoms with Gasteiger partial charge in [-0.3, -0.25) is 4.98 Å². The molecule has 1 aliphatic carbocycles. The van der Waals surface area contributed by atoms with Crippen LogP contribution in [0.25, 0.3) is 11.4 Å². The second-order valence-electron chi connectivity index (χ2n) is 4.44. The lowest BCUT2D eigenvalue weighted by Crippen LogP contribution is -2.11. The van der Waals surface area contributed by atoms with Gasteiger partial charge in [-0.15, -0.1) is 0 Å². The summed E-state index contributed by atoms with van der Waals surface area (Å²) in [6, 6.07) is 1.87. The van der Waals surface area contributed by atoms with Crippen LogP contribution in [0.4, 0.5) is 0 Å². The first-order chi connectivity index (χ1) is 8.24. The lowest BCUT2D eigenvalue weighted by Gasteiger charge is -2.15. The number of nitrogen functional groups attached to an aromatic ring is 1. The number of nitrogens with zero attached hydrogens (tertiary/aromatic N) is 4. The second-order valence-corrected chi connectivity index (χ2v) is 4.44. The third kappa shape index (κ3) is 1.77. The van der Waals surface area contributed by atoms with Crippen molar-refractivity contribution < 1.29 is 0 Å². The van der Waals surface area contributed by atoms with Gasteiger partial charge in [0.15, 0.2) is 0 Å². The summed E-state index contributed by atoms with van der Waals surface area (Å²) in [5.41, 5.74) is 4.87. The molecule has 2 aromatic rings. The highest BCUT2D eigenvalue weighted by atomic mass is 15.5. The Morgan fingerprint density at radius 1 is 1.18 bits per heavy atom. The van der Waals surface area contributed by atoms with E-state index in [1.807, 2.05) is 13.0 Å². The molecule has 0 spiro atoms. The molecule has 5 nitrogen and oxygen atoms in total. The first-order valence-corrected chi connectivity index (χ1v) is 5.91. The largest absolute Gasteiger partial charge is 0.323 e. The van der Waals surface area contributed by atoms with Gasteiger partial charge in [-0.05, 0) is 38.7 Å². The summed E-state index contributed by atoms with van der Waals surface area (Å²) in [7, 11) is 0. The van der Waals surface area contributed by atoms with Crippen LogP contribution in [0, 0.1) is 6.92 Å². The molecule has 0 saturated heterocycles. The summed E-state index contributed by atoms with van der Waals surface area (Å²) in [6.07, 6.45) is 6.22. The summed E-state index contributed by atoms with van der Waals surface area (Å²) >= 11 is 0. The van der Waals surface area contributed by atoms with E-state index >= 15 is 0 Å². The highest BCUT2D eigenvalue weighted by molar-refractivity contribution is 5.56. The monoisotopic (exact) mass is 229 g/mol. The van der Waals surface area contributed by atoms with E-state index in [1.165, 1.54) is 17.6 Å². The number of fused-ring (bicyclic) bond motifs is 1. The normalized spacial score (nSPS) is 14.6. The zero-order valence-electron chi connectivity index (χ0n) is 9.85. The van der Waals surface area contributed by atoms with Crippen LogP contribution in [0.2, 0.25) is 0 Å². The van der Waals surface area contributed by atoms with Gasteiger partial charge >= 0.3 is 0 Å². The van der Waals surface area contributed by atoms with Crippen molar-refractivity contribution in [1.82, 2.24) is 19.9 Å². The molecular weight excluding hydrogens is 214 g/mol. The van der Waals surface area contributed by atoms with Crippen molar-refractivity contribution in [2.45, 2.75) is 32.6 Å². The molecule has 0 amide bonds. The Kier molecular flexibility index (Phi) is 2.31. The van der Waals surface area contributed by atoms with Crippen LogP contribution in [0.5, 0.6) is 0 Å². The van der Waals surface area contributed by atoms with Gasteiger partial charge in [0.2, 0.25) is 0 Å². The maximum absolute atomic E-state index is 5.56. The molecule has 0 aliphatic heterocycles. The van der Waals surface area contributed by atoms with Gasteiger partial charge in [-0.1, -0.05) is 0 Å². The summed E-state index contributed by atoms with van der Waals surface area (Å²) in [5.74, 6) is 5.56. The Morgan fingerprint density at radius 3 is 2.53 bits per heavy atom. The molecule has 17 heavy (non-hydrogen) atoms. The van der Waals surface area contributed by atoms with Crippen LogP contribution in [-0.2, 0) is 12.8 Å². The molecule has 2 N–H and O–H groups in total. The first-order valence-electron chi connectivity index (χ1n) is 5.91. The average Bonchev–Trinajstić information content (AvgIpc) is 2.75. The minimum Gasteiger partial charge on any atom is -0.323 e. The van der Waals surface area contributed by atoms with Crippen LogP contribution in [-0.4, -0.2) is 19.9 Å². The van der Waals surface area contributed by atoms with Gasteiger partial charge in [0.05, 0.1) is 17.1 Å². The number of hydrogen-bond donors (Lipinski definition) is 1. The Balaban J connectivity index is 2.11. The fourth-order valence-corrected chi connectivity index (χ4v) is 2.29. The number of hydrogen-bond acceptors (Lipinski definition) is 4. The number of nitrogens with two attached hydrogens (primary N) is 1. The Labute approximate surface area is 99.7 Å². The Hall–Kier alpha value is -1.91. The molecule has 5 heteroatoms. The second kappa shape index (κ2) is 3.84. The smallest absolute Gasteiger partial charge is 0.115 e. The maximum Gasteiger partial charge on any atom is 0.115 e. The van der Waals surface area contributed by atoms with Gasteiger partial charge in [0.1, 0.15) is 11.4 Å². The quantitative estimate of drug-likeness (QED) is 0.747. The summed E-state index contributed by atoms with van der Waals surface area (Å²) in [5, 5.41) is 4.18. The lowest BCUT2D eigenvalue weighted by molar-refractivity contribution is 0.646. The summed E-state index contributed by atoms with van der Waals surface area (Å²) < 4.78 is 0. The molecule has 88 valence electrons. The minimum atomic E-state index is 0.797. The highest BCUT2D eigenvalue weighted by Gasteiger charge is 2.16. The molecule has 0 unspecified atom stereocenters. The van der Waals surface area contributed by atoms with Gasteiger partial charge in [-0.2, -0.15) is 9.89 Å². The zero-order valence-corrected chi connectivity index (χ0v) is 9.85. The maximum atomic E-state index is 5.56. The molecule has 0 saturated carbocycles. The first kappa shape index (κ1) is 10.3. The molecule has 0 atom stereocenters. The lowest BCUT2D eigenvalue weighted by atomic mass is 10.00. The fraction of sp³-hybridized carbons (Fsp3) is 0.417. The molecule has 2 aromatic heterocycles. The van der Waals surface area contributed by atoms with Crippen molar-refractivity contribution >= 4 is 0 Å². The molecule has 0 radical (unpaired) electrons. The fourth-order valence-electron chi connectivity index (χ4n) is 2.29. The number of rotatable bonds is 1. The summed E-state index contributed by atoms with van der Waals surface area (Å²) in [6.45, 7) is 1.98. The number of aryl methyl sites for hydroxylation is 3. The molecule has 0 bridgehead atoms. The molecule has 2 heterocycles. The van der Waals surface area contributed by atoms with Crippen molar-refractivity contribution in [3.63, 3.8) is 0 Å². The van der Waals surface area contributed by atoms with E-state index in [0.717, 1.165) is 41.3 Å². The van der Waals surface area contributed by atoms with E-state index < -0.39 is 0 Å². The third-order valence-corrected chi connectivity index (χ3v) is 3.15. The molecule has 3 rings (SSSR count). The predicted molar refractivity (Wildman–Crippen MR) is 64.8 cm³/mol. The van der Waals surface area contributed by atoms with Gasteiger partial charge in [0.25, 0.3) is 0 Å². The van der Waals surface area contributed by atoms with Gasteiger partial charge < -0.3 is 5.84 Å². The van der Waals surface area contributed by atoms with E-state index in [4.69, 9.17) is 10.8 Å². The summed E-state index contributed by atoms with van der Waals surface area (Å²) in [4.78, 5) is 10.7. The molecular formula is C12H15N5. The topological polar surface area (TPSA) is 69.6 Å². The molecule has 0 aromatic carbocycles.